The summed E-state index contributed by atoms with van der Waals surface area (Å²) < 4.78 is 0. The van der Waals surface area contributed by atoms with Gasteiger partial charge in [0.05, 0.1) is 0 Å². The molecule has 0 saturated carbocycles. The molecule has 0 aromatic carbocycles. The fourth-order valence-electron chi connectivity index (χ4n) is 0.814. The van der Waals surface area contributed by atoms with Gasteiger partial charge in [0.25, 0.3) is 0 Å². The Morgan fingerprint density at radius 3 is 2.55 bits per heavy atom. The molecule has 0 unspecified atom stereocenters. The van der Waals surface area contributed by atoms with Crippen molar-refractivity contribution in [3.8, 4) is 0 Å². The van der Waals surface area contributed by atoms with E-state index in [2.05, 4.69) is 17.8 Å². The lowest BCUT2D eigenvalue weighted by atomic mass is 10.2. The van der Waals surface area contributed by atoms with Crippen LogP contribution in [0.1, 0.15) is 20.3 Å². The first-order valence-corrected chi connectivity index (χ1v) is 3.80. The van der Waals surface area contributed by atoms with Crippen LogP contribution in [0.25, 0.3) is 0 Å². The lowest BCUT2D eigenvalue weighted by molar-refractivity contribution is 0.672. The maximum atomic E-state index is 5.68. The van der Waals surface area contributed by atoms with E-state index >= 15 is 0 Å². The van der Waals surface area contributed by atoms with Crippen molar-refractivity contribution in [1.82, 2.24) is 10.9 Å². The fourth-order valence-corrected chi connectivity index (χ4v) is 0.814. The topological polar surface area (TPSA) is 50.1 Å². The number of hydrazine groups is 1. The second-order valence-corrected chi connectivity index (χ2v) is 2.17. The highest BCUT2D eigenvalue weighted by Gasteiger charge is 1.94. The number of rotatable bonds is 4. The van der Waals surface area contributed by atoms with Gasteiger partial charge in [-0.25, -0.2) is 5.43 Å². The van der Waals surface area contributed by atoms with E-state index in [1.165, 1.54) is 0 Å². The van der Waals surface area contributed by atoms with Crippen molar-refractivity contribution in [3.63, 3.8) is 0 Å². The number of hydrogen-bond acceptors (Lipinski definition) is 3. The molecule has 0 aliphatic heterocycles. The van der Waals surface area contributed by atoms with Crippen LogP contribution < -0.4 is 16.6 Å². The summed E-state index contributed by atoms with van der Waals surface area (Å²) in [5, 5.41) is 0. The molecule has 0 aliphatic rings. The van der Waals surface area contributed by atoms with Crippen molar-refractivity contribution in [2.45, 2.75) is 20.3 Å². The van der Waals surface area contributed by atoms with Crippen LogP contribution in [0.15, 0.2) is 23.5 Å². The van der Waals surface area contributed by atoms with E-state index in [4.69, 9.17) is 5.73 Å². The lowest BCUT2D eigenvalue weighted by Crippen LogP contribution is -2.32. The summed E-state index contributed by atoms with van der Waals surface area (Å²) in [4.78, 5) is 0. The first-order chi connectivity index (χ1) is 5.26. The first kappa shape index (κ1) is 10.0. The monoisotopic (exact) mass is 155 g/mol. The molecular weight excluding hydrogens is 138 g/mol. The second-order valence-electron chi connectivity index (χ2n) is 2.17. The van der Waals surface area contributed by atoms with Crippen molar-refractivity contribution in [1.29, 1.82) is 0 Å². The van der Waals surface area contributed by atoms with E-state index < -0.39 is 0 Å². The third kappa shape index (κ3) is 3.68. The molecule has 0 rings (SSSR count). The Balaban J connectivity index is 4.26. The molecule has 0 bridgehead atoms. The minimum Gasteiger partial charge on any atom is -0.384 e. The fraction of sp³-hybridized carbons (Fsp3) is 0.500. The standard InChI is InChI=1S/C8H17N3/c1-4-6-7(5-2)8(9)11-10-3/h4,6,10-11H,5,9H2,1-3H3/b6-4-,8-7-. The van der Waals surface area contributed by atoms with Gasteiger partial charge in [0.1, 0.15) is 5.82 Å². The van der Waals surface area contributed by atoms with Gasteiger partial charge in [0.2, 0.25) is 0 Å². The Kier molecular flexibility index (Phi) is 5.29. The van der Waals surface area contributed by atoms with Gasteiger partial charge in [0, 0.05) is 7.05 Å². The average Bonchev–Trinajstić information content (AvgIpc) is 2.00. The summed E-state index contributed by atoms with van der Waals surface area (Å²) in [7, 11) is 1.79. The van der Waals surface area contributed by atoms with Crippen molar-refractivity contribution in [3.05, 3.63) is 23.5 Å². The van der Waals surface area contributed by atoms with Gasteiger partial charge >= 0.3 is 0 Å². The summed E-state index contributed by atoms with van der Waals surface area (Å²) in [6.07, 6.45) is 4.91. The van der Waals surface area contributed by atoms with Gasteiger partial charge < -0.3 is 11.2 Å². The maximum Gasteiger partial charge on any atom is 0.114 e. The predicted octanol–water partition coefficient (Wildman–Crippen LogP) is 0.867. The molecule has 0 spiro atoms. The van der Waals surface area contributed by atoms with Crippen LogP contribution in [0.5, 0.6) is 0 Å². The van der Waals surface area contributed by atoms with Crippen molar-refractivity contribution >= 4 is 0 Å². The lowest BCUT2D eigenvalue weighted by Gasteiger charge is -2.07. The molecule has 0 amide bonds. The van der Waals surface area contributed by atoms with Crippen molar-refractivity contribution < 1.29 is 0 Å². The Morgan fingerprint density at radius 2 is 2.18 bits per heavy atom. The molecular formula is C8H17N3. The molecule has 0 aromatic rings. The molecule has 4 N–H and O–H groups in total. The molecule has 3 heteroatoms. The van der Waals surface area contributed by atoms with Crippen LogP contribution in [0, 0.1) is 0 Å². The Bertz CT molecular complexity index is 159. The van der Waals surface area contributed by atoms with E-state index in [-0.39, 0.29) is 0 Å². The van der Waals surface area contributed by atoms with E-state index in [0.29, 0.717) is 5.82 Å². The van der Waals surface area contributed by atoms with Gasteiger partial charge in [-0.05, 0) is 18.9 Å². The summed E-state index contributed by atoms with van der Waals surface area (Å²) in [6.45, 7) is 4.04. The maximum absolute atomic E-state index is 5.68. The van der Waals surface area contributed by atoms with E-state index in [0.717, 1.165) is 12.0 Å². The van der Waals surface area contributed by atoms with Gasteiger partial charge in [-0.1, -0.05) is 19.1 Å². The van der Waals surface area contributed by atoms with Gasteiger partial charge in [-0.15, -0.1) is 0 Å². The summed E-state index contributed by atoms with van der Waals surface area (Å²) in [6, 6.07) is 0. The van der Waals surface area contributed by atoms with Crippen LogP contribution in [0.3, 0.4) is 0 Å². The Labute approximate surface area is 68.3 Å². The van der Waals surface area contributed by atoms with Gasteiger partial charge in [-0.2, -0.15) is 0 Å². The summed E-state index contributed by atoms with van der Waals surface area (Å²) >= 11 is 0. The molecule has 3 nitrogen and oxygen atoms in total. The number of nitrogens with one attached hydrogen (secondary N) is 2. The number of hydrogen-bond donors (Lipinski definition) is 3. The highest BCUT2D eigenvalue weighted by atomic mass is 15.4. The molecule has 11 heavy (non-hydrogen) atoms. The average molecular weight is 155 g/mol. The van der Waals surface area contributed by atoms with E-state index in [1.54, 1.807) is 7.05 Å². The number of allylic oxidation sites excluding steroid dienone is 3. The van der Waals surface area contributed by atoms with Crippen molar-refractivity contribution in [2.24, 2.45) is 5.73 Å². The van der Waals surface area contributed by atoms with Crippen LogP contribution in [-0.2, 0) is 0 Å². The number of nitrogens with two attached hydrogens (primary N) is 1. The van der Waals surface area contributed by atoms with Gasteiger partial charge in [-0.3, -0.25) is 0 Å². The zero-order valence-electron chi connectivity index (χ0n) is 7.44. The van der Waals surface area contributed by atoms with E-state index in [9.17, 15) is 0 Å². The third-order valence-corrected chi connectivity index (χ3v) is 1.35. The molecule has 0 saturated heterocycles. The highest BCUT2D eigenvalue weighted by molar-refractivity contribution is 5.21. The minimum absolute atomic E-state index is 0.688. The van der Waals surface area contributed by atoms with Crippen molar-refractivity contribution in [2.75, 3.05) is 7.05 Å². The molecule has 0 atom stereocenters. The molecule has 0 heterocycles. The zero-order valence-corrected chi connectivity index (χ0v) is 7.44. The van der Waals surface area contributed by atoms with E-state index in [1.807, 2.05) is 19.1 Å². The Morgan fingerprint density at radius 1 is 1.55 bits per heavy atom. The largest absolute Gasteiger partial charge is 0.384 e. The SMILES string of the molecule is C/C=C\C(CC)=C(\N)NNC. The highest BCUT2D eigenvalue weighted by Crippen LogP contribution is 2.03. The summed E-state index contributed by atoms with van der Waals surface area (Å²) in [5.41, 5.74) is 12.4. The second kappa shape index (κ2) is 5.80. The quantitative estimate of drug-likeness (QED) is 0.417. The van der Waals surface area contributed by atoms with Crippen LogP contribution in [0.4, 0.5) is 0 Å². The molecule has 0 aliphatic carbocycles. The molecule has 0 fully saturated rings. The smallest absolute Gasteiger partial charge is 0.114 e. The molecule has 64 valence electrons. The predicted molar refractivity (Wildman–Crippen MR) is 48.5 cm³/mol. The molecule has 0 aromatic heterocycles. The zero-order chi connectivity index (χ0) is 8.69. The third-order valence-electron chi connectivity index (χ3n) is 1.35. The van der Waals surface area contributed by atoms with Crippen LogP contribution in [-0.4, -0.2) is 7.05 Å². The minimum atomic E-state index is 0.688. The first-order valence-electron chi connectivity index (χ1n) is 3.80. The normalized spacial score (nSPS) is 13.4. The van der Waals surface area contributed by atoms with Crippen LogP contribution in [0.2, 0.25) is 0 Å². The van der Waals surface area contributed by atoms with Crippen LogP contribution >= 0.6 is 0 Å². The van der Waals surface area contributed by atoms with Gasteiger partial charge in [0.15, 0.2) is 0 Å². The Hall–Kier alpha value is -0.960. The molecule has 0 radical (unpaired) electrons. The summed E-state index contributed by atoms with van der Waals surface area (Å²) in [5.74, 6) is 0.688.